The van der Waals surface area contributed by atoms with Crippen LogP contribution in [0.25, 0.3) is 10.8 Å². The van der Waals surface area contributed by atoms with Crippen molar-refractivity contribution in [1.29, 1.82) is 0 Å². The van der Waals surface area contributed by atoms with Crippen molar-refractivity contribution in [3.8, 4) is 23.0 Å². The van der Waals surface area contributed by atoms with Gasteiger partial charge in [-0.3, -0.25) is 4.79 Å². The van der Waals surface area contributed by atoms with E-state index in [0.29, 0.717) is 29.0 Å². The van der Waals surface area contributed by atoms with Gasteiger partial charge in [0, 0.05) is 15.8 Å². The molecule has 0 aliphatic carbocycles. The van der Waals surface area contributed by atoms with Gasteiger partial charge in [0.2, 0.25) is 11.5 Å². The van der Waals surface area contributed by atoms with Crippen molar-refractivity contribution in [3.63, 3.8) is 0 Å². The summed E-state index contributed by atoms with van der Waals surface area (Å²) in [4.78, 5) is 12.1. The molecule has 0 aliphatic heterocycles. The summed E-state index contributed by atoms with van der Waals surface area (Å²) < 4.78 is 16.7. The van der Waals surface area contributed by atoms with Gasteiger partial charge in [0.05, 0.1) is 19.1 Å². The number of ether oxygens (including phenoxy) is 3. The summed E-state index contributed by atoms with van der Waals surface area (Å²) in [5, 5.41) is 12.0. The quantitative estimate of drug-likeness (QED) is 0.610. The maximum Gasteiger partial charge on any atom is 0.313 e. The standard InChI is InChI=1S/C18H21ClO5/c1-5-22-16-14(20)12-8-7-11(19)9-13(12)15(17(16)23-6-2)24-18(21)10(3)4/h7-10,20H,5-6H2,1-4H3. The van der Waals surface area contributed by atoms with Gasteiger partial charge in [-0.25, -0.2) is 0 Å². The van der Waals surface area contributed by atoms with E-state index in [2.05, 4.69) is 0 Å². The second kappa shape index (κ2) is 7.62. The zero-order valence-electron chi connectivity index (χ0n) is 14.2. The number of fused-ring (bicyclic) bond motifs is 1. The molecular weight excluding hydrogens is 332 g/mol. The molecule has 0 saturated carbocycles. The van der Waals surface area contributed by atoms with E-state index in [9.17, 15) is 9.90 Å². The van der Waals surface area contributed by atoms with E-state index in [0.717, 1.165) is 0 Å². The summed E-state index contributed by atoms with van der Waals surface area (Å²) >= 11 is 6.08. The third kappa shape index (κ3) is 3.51. The lowest BCUT2D eigenvalue weighted by molar-refractivity contribution is -0.137. The van der Waals surface area contributed by atoms with E-state index in [1.807, 2.05) is 0 Å². The fraction of sp³-hybridized carbons (Fsp3) is 0.389. The Morgan fingerprint density at radius 1 is 1.08 bits per heavy atom. The van der Waals surface area contributed by atoms with Crippen LogP contribution < -0.4 is 14.2 Å². The van der Waals surface area contributed by atoms with E-state index < -0.39 is 5.97 Å². The van der Waals surface area contributed by atoms with Crippen molar-refractivity contribution in [2.24, 2.45) is 5.92 Å². The molecule has 1 N–H and O–H groups in total. The maximum atomic E-state index is 12.1. The van der Waals surface area contributed by atoms with Crippen LogP contribution in [0.2, 0.25) is 5.02 Å². The zero-order valence-corrected chi connectivity index (χ0v) is 14.9. The molecule has 2 aromatic carbocycles. The van der Waals surface area contributed by atoms with Crippen molar-refractivity contribution in [2.75, 3.05) is 13.2 Å². The summed E-state index contributed by atoms with van der Waals surface area (Å²) in [6.45, 7) is 7.70. The highest BCUT2D eigenvalue weighted by molar-refractivity contribution is 6.31. The van der Waals surface area contributed by atoms with Crippen LogP contribution in [0, 0.1) is 5.92 Å². The van der Waals surface area contributed by atoms with Gasteiger partial charge in [0.1, 0.15) is 0 Å². The van der Waals surface area contributed by atoms with Crippen molar-refractivity contribution in [1.82, 2.24) is 0 Å². The molecule has 0 atom stereocenters. The number of esters is 1. The minimum Gasteiger partial charge on any atom is -0.504 e. The molecule has 0 aromatic heterocycles. The first-order valence-corrected chi connectivity index (χ1v) is 8.23. The molecule has 0 spiro atoms. The second-order valence-electron chi connectivity index (χ2n) is 5.47. The number of hydrogen-bond donors (Lipinski definition) is 1. The number of halogens is 1. The summed E-state index contributed by atoms with van der Waals surface area (Å²) in [5.74, 6) is -0.254. The SMILES string of the molecule is CCOc1c(OCC)c(OC(=O)C(C)C)c2cc(Cl)ccc2c1O. The summed E-state index contributed by atoms with van der Waals surface area (Å²) in [6, 6.07) is 4.92. The predicted molar refractivity (Wildman–Crippen MR) is 93.4 cm³/mol. The first kappa shape index (κ1) is 18.2. The van der Waals surface area contributed by atoms with Gasteiger partial charge in [0.25, 0.3) is 0 Å². The van der Waals surface area contributed by atoms with Crippen molar-refractivity contribution >= 4 is 28.3 Å². The Labute approximate surface area is 146 Å². The van der Waals surface area contributed by atoms with Crippen LogP contribution >= 0.6 is 11.6 Å². The topological polar surface area (TPSA) is 65.0 Å². The van der Waals surface area contributed by atoms with Gasteiger partial charge >= 0.3 is 5.97 Å². The number of hydrogen-bond acceptors (Lipinski definition) is 5. The second-order valence-corrected chi connectivity index (χ2v) is 5.90. The first-order valence-electron chi connectivity index (χ1n) is 7.86. The number of carbonyl (C=O) groups excluding carboxylic acids is 1. The molecule has 0 bridgehead atoms. The summed E-state index contributed by atoms with van der Waals surface area (Å²) in [5.41, 5.74) is 0. The molecule has 0 fully saturated rings. The highest BCUT2D eigenvalue weighted by Gasteiger charge is 2.25. The summed E-state index contributed by atoms with van der Waals surface area (Å²) in [6.07, 6.45) is 0. The summed E-state index contributed by atoms with van der Waals surface area (Å²) in [7, 11) is 0. The Morgan fingerprint density at radius 2 is 1.71 bits per heavy atom. The molecule has 0 aliphatic rings. The van der Waals surface area contributed by atoms with Crippen molar-refractivity contribution in [2.45, 2.75) is 27.7 Å². The molecule has 0 unspecified atom stereocenters. The van der Waals surface area contributed by atoms with Crippen LogP contribution in [0.15, 0.2) is 18.2 Å². The van der Waals surface area contributed by atoms with Gasteiger partial charge in [-0.15, -0.1) is 0 Å². The third-order valence-corrected chi connectivity index (χ3v) is 3.60. The Hall–Kier alpha value is -2.14. The molecule has 5 nitrogen and oxygen atoms in total. The van der Waals surface area contributed by atoms with Gasteiger partial charge in [-0.1, -0.05) is 25.4 Å². The fourth-order valence-corrected chi connectivity index (χ4v) is 2.41. The predicted octanol–water partition coefficient (Wildman–Crippen LogP) is 4.56. The molecule has 0 amide bonds. The van der Waals surface area contributed by atoms with E-state index in [1.54, 1.807) is 45.9 Å². The number of carbonyl (C=O) groups is 1. The lowest BCUT2D eigenvalue weighted by Gasteiger charge is -2.19. The number of phenols is 1. The first-order chi connectivity index (χ1) is 11.4. The Morgan fingerprint density at radius 3 is 2.29 bits per heavy atom. The molecule has 24 heavy (non-hydrogen) atoms. The number of rotatable bonds is 6. The minimum atomic E-state index is -0.412. The average molecular weight is 353 g/mol. The van der Waals surface area contributed by atoms with Crippen LogP contribution in [0.3, 0.4) is 0 Å². The highest BCUT2D eigenvalue weighted by atomic mass is 35.5. The molecular formula is C18H21ClO5. The van der Waals surface area contributed by atoms with Gasteiger partial charge < -0.3 is 19.3 Å². The van der Waals surface area contributed by atoms with Crippen LogP contribution in [0.4, 0.5) is 0 Å². The van der Waals surface area contributed by atoms with E-state index >= 15 is 0 Å². The molecule has 0 radical (unpaired) electrons. The van der Waals surface area contributed by atoms with E-state index in [1.165, 1.54) is 0 Å². The number of aromatic hydroxyl groups is 1. The monoisotopic (exact) mass is 352 g/mol. The lowest BCUT2D eigenvalue weighted by Crippen LogP contribution is -2.16. The fourth-order valence-electron chi connectivity index (χ4n) is 2.24. The number of benzene rings is 2. The zero-order chi connectivity index (χ0) is 17.9. The van der Waals surface area contributed by atoms with Crippen LogP contribution in [-0.2, 0) is 4.79 Å². The molecule has 0 saturated heterocycles. The Balaban J connectivity index is 2.81. The number of phenolic OH excluding ortho intramolecular Hbond substituents is 1. The van der Waals surface area contributed by atoms with Crippen LogP contribution in [0.5, 0.6) is 23.0 Å². The maximum absolute atomic E-state index is 12.1. The largest absolute Gasteiger partial charge is 0.504 e. The minimum absolute atomic E-state index is 0.0729. The Kier molecular flexibility index (Phi) is 5.78. The lowest BCUT2D eigenvalue weighted by atomic mass is 10.1. The normalized spacial score (nSPS) is 10.9. The molecule has 0 heterocycles. The third-order valence-electron chi connectivity index (χ3n) is 3.36. The molecule has 6 heteroatoms. The van der Waals surface area contributed by atoms with Gasteiger partial charge in [0.15, 0.2) is 11.5 Å². The van der Waals surface area contributed by atoms with Crippen LogP contribution in [-0.4, -0.2) is 24.3 Å². The van der Waals surface area contributed by atoms with Crippen molar-refractivity contribution < 1.29 is 24.1 Å². The highest BCUT2D eigenvalue weighted by Crippen LogP contribution is 2.51. The Bertz CT molecular complexity index is 755. The van der Waals surface area contributed by atoms with E-state index in [-0.39, 0.29) is 28.9 Å². The molecule has 2 rings (SSSR count). The average Bonchev–Trinajstić information content (AvgIpc) is 2.54. The molecule has 130 valence electrons. The molecule has 2 aromatic rings. The van der Waals surface area contributed by atoms with Crippen LogP contribution in [0.1, 0.15) is 27.7 Å². The van der Waals surface area contributed by atoms with Crippen molar-refractivity contribution in [3.05, 3.63) is 23.2 Å². The van der Waals surface area contributed by atoms with Gasteiger partial charge in [-0.05, 0) is 32.0 Å². The van der Waals surface area contributed by atoms with Gasteiger partial charge in [-0.2, -0.15) is 0 Å². The smallest absolute Gasteiger partial charge is 0.313 e. The van der Waals surface area contributed by atoms with E-state index in [4.69, 9.17) is 25.8 Å².